The Balaban J connectivity index is 2.28. The van der Waals surface area contributed by atoms with Crippen LogP contribution in [0, 0.1) is 0 Å². The predicted molar refractivity (Wildman–Crippen MR) is 79.9 cm³/mol. The SMILES string of the molecule is NC(=S)c1ccc(Nc2cc(C(F)(F)F)ccc2Cl)nc1. The fourth-order valence-corrected chi connectivity index (χ4v) is 1.83. The van der Waals surface area contributed by atoms with E-state index in [0.29, 0.717) is 11.4 Å². The molecule has 0 spiro atoms. The number of anilines is 2. The number of pyridine rings is 1. The lowest BCUT2D eigenvalue weighted by molar-refractivity contribution is -0.137. The molecular formula is C13H9ClF3N3S. The summed E-state index contributed by atoms with van der Waals surface area (Å²) in [5, 5.41) is 2.88. The van der Waals surface area contributed by atoms with Crippen molar-refractivity contribution in [1.29, 1.82) is 0 Å². The number of aromatic nitrogens is 1. The zero-order valence-electron chi connectivity index (χ0n) is 10.4. The van der Waals surface area contributed by atoms with E-state index in [4.69, 9.17) is 29.6 Å². The van der Waals surface area contributed by atoms with E-state index in [9.17, 15) is 13.2 Å². The summed E-state index contributed by atoms with van der Waals surface area (Å²) >= 11 is 10.7. The van der Waals surface area contributed by atoms with E-state index in [0.717, 1.165) is 12.1 Å². The lowest BCUT2D eigenvalue weighted by Crippen LogP contribution is -2.10. The van der Waals surface area contributed by atoms with Crippen LogP contribution in [-0.2, 0) is 6.18 Å². The minimum Gasteiger partial charge on any atom is -0.389 e. The summed E-state index contributed by atoms with van der Waals surface area (Å²) in [5.41, 5.74) is 5.31. The second kappa shape index (κ2) is 5.87. The summed E-state index contributed by atoms with van der Waals surface area (Å²) in [7, 11) is 0. The Labute approximate surface area is 128 Å². The number of nitrogens with two attached hydrogens (primary N) is 1. The van der Waals surface area contributed by atoms with Gasteiger partial charge in [0.25, 0.3) is 0 Å². The van der Waals surface area contributed by atoms with Gasteiger partial charge in [0.05, 0.1) is 16.3 Å². The first-order valence-corrected chi connectivity index (χ1v) is 6.45. The molecule has 3 nitrogen and oxygen atoms in total. The average Bonchev–Trinajstić information content (AvgIpc) is 2.40. The normalized spacial score (nSPS) is 11.2. The highest BCUT2D eigenvalue weighted by atomic mass is 35.5. The number of alkyl halides is 3. The Morgan fingerprint density at radius 2 is 1.95 bits per heavy atom. The van der Waals surface area contributed by atoms with Crippen LogP contribution in [0.2, 0.25) is 5.02 Å². The highest BCUT2D eigenvalue weighted by Crippen LogP contribution is 2.34. The number of rotatable bonds is 3. The molecule has 1 heterocycles. The van der Waals surface area contributed by atoms with Crippen LogP contribution in [0.25, 0.3) is 0 Å². The van der Waals surface area contributed by atoms with Gasteiger partial charge in [-0.05, 0) is 30.3 Å². The predicted octanol–water partition coefficient (Wildman–Crippen LogP) is 4.13. The summed E-state index contributed by atoms with van der Waals surface area (Å²) in [6, 6.07) is 6.17. The van der Waals surface area contributed by atoms with Gasteiger partial charge >= 0.3 is 6.18 Å². The van der Waals surface area contributed by atoms with Gasteiger partial charge in [-0.25, -0.2) is 4.98 Å². The Hall–Kier alpha value is -1.86. The van der Waals surface area contributed by atoms with Crippen molar-refractivity contribution < 1.29 is 13.2 Å². The molecule has 3 N–H and O–H groups in total. The van der Waals surface area contributed by atoms with Crippen molar-refractivity contribution in [2.45, 2.75) is 6.18 Å². The highest BCUT2D eigenvalue weighted by Gasteiger charge is 2.30. The molecule has 0 aliphatic heterocycles. The molecule has 0 unspecified atom stereocenters. The molecule has 0 saturated carbocycles. The van der Waals surface area contributed by atoms with Gasteiger partial charge < -0.3 is 11.1 Å². The van der Waals surface area contributed by atoms with Crippen molar-refractivity contribution in [1.82, 2.24) is 4.98 Å². The number of nitrogens with zero attached hydrogens (tertiary/aromatic N) is 1. The van der Waals surface area contributed by atoms with Crippen molar-refractivity contribution in [2.75, 3.05) is 5.32 Å². The molecule has 2 aromatic rings. The van der Waals surface area contributed by atoms with Gasteiger partial charge in [-0.1, -0.05) is 23.8 Å². The Morgan fingerprint density at radius 1 is 1.24 bits per heavy atom. The largest absolute Gasteiger partial charge is 0.416 e. The van der Waals surface area contributed by atoms with Crippen molar-refractivity contribution >= 4 is 40.3 Å². The van der Waals surface area contributed by atoms with Crippen LogP contribution in [0.4, 0.5) is 24.7 Å². The Bertz CT molecular complexity index is 671. The lowest BCUT2D eigenvalue weighted by atomic mass is 10.2. The Morgan fingerprint density at radius 3 is 2.48 bits per heavy atom. The molecule has 0 aliphatic rings. The van der Waals surface area contributed by atoms with Gasteiger partial charge in [-0.3, -0.25) is 0 Å². The zero-order chi connectivity index (χ0) is 15.6. The summed E-state index contributed by atoms with van der Waals surface area (Å²) in [4.78, 5) is 4.20. The molecule has 0 amide bonds. The summed E-state index contributed by atoms with van der Waals surface area (Å²) in [5.74, 6) is 0.330. The fourth-order valence-electron chi connectivity index (χ4n) is 1.55. The van der Waals surface area contributed by atoms with E-state index in [-0.39, 0.29) is 15.7 Å². The summed E-state index contributed by atoms with van der Waals surface area (Å²) in [6.07, 6.45) is -3.02. The van der Waals surface area contributed by atoms with Gasteiger partial charge in [0.1, 0.15) is 10.8 Å². The number of halogens is 4. The highest BCUT2D eigenvalue weighted by molar-refractivity contribution is 7.80. The standard InChI is InChI=1S/C13H9ClF3N3S/c14-9-3-2-8(13(15,16)17)5-10(9)20-11-4-1-7(6-19-11)12(18)21/h1-6H,(H2,18,21)(H,19,20). The average molecular weight is 332 g/mol. The molecule has 110 valence electrons. The first-order valence-electron chi connectivity index (χ1n) is 5.67. The van der Waals surface area contributed by atoms with Crippen LogP contribution in [0.1, 0.15) is 11.1 Å². The van der Waals surface area contributed by atoms with E-state index in [1.807, 2.05) is 0 Å². The van der Waals surface area contributed by atoms with E-state index in [1.165, 1.54) is 12.3 Å². The van der Waals surface area contributed by atoms with E-state index in [2.05, 4.69) is 10.3 Å². The first kappa shape index (κ1) is 15.5. The molecule has 1 aromatic heterocycles. The third kappa shape index (κ3) is 3.83. The maximum absolute atomic E-state index is 12.7. The van der Waals surface area contributed by atoms with Crippen LogP contribution in [0.5, 0.6) is 0 Å². The molecule has 2 rings (SSSR count). The monoisotopic (exact) mass is 331 g/mol. The molecule has 1 aromatic carbocycles. The summed E-state index contributed by atoms with van der Waals surface area (Å²) in [6.45, 7) is 0. The zero-order valence-corrected chi connectivity index (χ0v) is 12.0. The van der Waals surface area contributed by atoms with Gasteiger partial charge in [-0.15, -0.1) is 0 Å². The third-order valence-corrected chi connectivity index (χ3v) is 3.17. The maximum atomic E-state index is 12.7. The lowest BCUT2D eigenvalue weighted by Gasteiger charge is -2.12. The smallest absolute Gasteiger partial charge is 0.389 e. The van der Waals surface area contributed by atoms with Crippen molar-refractivity contribution in [2.24, 2.45) is 5.73 Å². The molecule has 21 heavy (non-hydrogen) atoms. The van der Waals surface area contributed by atoms with Crippen LogP contribution >= 0.6 is 23.8 Å². The number of hydrogen-bond acceptors (Lipinski definition) is 3. The topological polar surface area (TPSA) is 50.9 Å². The Kier molecular flexibility index (Phi) is 4.34. The van der Waals surface area contributed by atoms with Gasteiger partial charge in [0.2, 0.25) is 0 Å². The van der Waals surface area contributed by atoms with Gasteiger partial charge in [-0.2, -0.15) is 13.2 Å². The summed E-state index contributed by atoms with van der Waals surface area (Å²) < 4.78 is 38.0. The fraction of sp³-hybridized carbons (Fsp3) is 0.0769. The maximum Gasteiger partial charge on any atom is 0.416 e. The second-order valence-electron chi connectivity index (χ2n) is 4.11. The molecule has 0 radical (unpaired) electrons. The van der Waals surface area contributed by atoms with Crippen LogP contribution in [-0.4, -0.2) is 9.97 Å². The van der Waals surface area contributed by atoms with Gasteiger partial charge in [0, 0.05) is 11.8 Å². The minimum absolute atomic E-state index is 0.113. The number of nitrogens with one attached hydrogen (secondary N) is 1. The van der Waals surface area contributed by atoms with Crippen LogP contribution in [0.3, 0.4) is 0 Å². The van der Waals surface area contributed by atoms with Crippen molar-refractivity contribution in [3.63, 3.8) is 0 Å². The number of thiocarbonyl (C=S) groups is 1. The third-order valence-electron chi connectivity index (χ3n) is 2.60. The van der Waals surface area contributed by atoms with Crippen molar-refractivity contribution in [3.05, 3.63) is 52.7 Å². The van der Waals surface area contributed by atoms with Crippen LogP contribution < -0.4 is 11.1 Å². The van der Waals surface area contributed by atoms with E-state index < -0.39 is 11.7 Å². The van der Waals surface area contributed by atoms with Gasteiger partial charge in [0.15, 0.2) is 0 Å². The molecule has 0 aliphatic carbocycles. The van der Waals surface area contributed by atoms with E-state index >= 15 is 0 Å². The molecule has 0 fully saturated rings. The first-order chi connectivity index (χ1) is 9.77. The molecule has 0 bridgehead atoms. The molecular weight excluding hydrogens is 323 g/mol. The van der Waals surface area contributed by atoms with E-state index in [1.54, 1.807) is 12.1 Å². The molecule has 0 atom stereocenters. The van der Waals surface area contributed by atoms with Crippen LogP contribution in [0.15, 0.2) is 36.5 Å². The minimum atomic E-state index is -4.44. The number of hydrogen-bond donors (Lipinski definition) is 2. The second-order valence-corrected chi connectivity index (χ2v) is 4.96. The molecule has 8 heteroatoms. The number of benzene rings is 1. The molecule has 0 saturated heterocycles. The quantitative estimate of drug-likeness (QED) is 0.830. The van der Waals surface area contributed by atoms with Crippen molar-refractivity contribution in [3.8, 4) is 0 Å².